The van der Waals surface area contributed by atoms with Crippen LogP contribution in [0, 0.1) is 0 Å². The zero-order chi connectivity index (χ0) is 8.39. The van der Waals surface area contributed by atoms with Crippen LogP contribution in [0.2, 0.25) is 0 Å². The first-order chi connectivity index (χ1) is 5.92. The zero-order valence-corrected chi connectivity index (χ0v) is 7.56. The molecule has 0 aromatic heterocycles. The summed E-state index contributed by atoms with van der Waals surface area (Å²) in [6.07, 6.45) is 3.87. The van der Waals surface area contributed by atoms with E-state index in [1.54, 1.807) is 11.1 Å². The van der Waals surface area contributed by atoms with Gasteiger partial charge in [-0.05, 0) is 36.5 Å². The third-order valence-electron chi connectivity index (χ3n) is 2.51. The second-order valence-electron chi connectivity index (χ2n) is 3.33. The summed E-state index contributed by atoms with van der Waals surface area (Å²) in [5.74, 6) is 0. The van der Waals surface area contributed by atoms with Crippen molar-refractivity contribution in [2.24, 2.45) is 0 Å². The van der Waals surface area contributed by atoms with E-state index in [2.05, 4.69) is 31.2 Å². The van der Waals surface area contributed by atoms with Gasteiger partial charge < -0.3 is 5.23 Å². The summed E-state index contributed by atoms with van der Waals surface area (Å²) < 4.78 is 0. The van der Waals surface area contributed by atoms with E-state index >= 15 is 0 Å². The molecule has 1 nitrogen and oxygen atoms in total. The number of benzene rings is 1. The van der Waals surface area contributed by atoms with Crippen molar-refractivity contribution in [3.63, 3.8) is 0 Å². The molecule has 0 aliphatic heterocycles. The van der Waals surface area contributed by atoms with E-state index in [4.69, 9.17) is 0 Å². The Bertz CT molecular complexity index is 286. The summed E-state index contributed by atoms with van der Waals surface area (Å²) in [6.45, 7) is 0. The molecule has 0 radical (unpaired) electrons. The number of anilines is 1. The van der Waals surface area contributed by atoms with Gasteiger partial charge in [-0.3, -0.25) is 0 Å². The molecule has 0 fully saturated rings. The Hall–Kier alpha value is -0.850. The van der Waals surface area contributed by atoms with Gasteiger partial charge in [0.2, 0.25) is 0 Å². The van der Waals surface area contributed by atoms with Gasteiger partial charge in [-0.25, -0.2) is 0 Å². The van der Waals surface area contributed by atoms with E-state index in [0.29, 0.717) is 0 Å². The van der Waals surface area contributed by atoms with Crippen molar-refractivity contribution in [2.75, 3.05) is 5.23 Å². The van der Waals surface area contributed by atoms with Gasteiger partial charge in [0.15, 0.2) is 7.31 Å². The van der Waals surface area contributed by atoms with Gasteiger partial charge in [-0.15, -0.1) is 0 Å². The molecule has 0 saturated heterocycles. The number of rotatable bonds is 2. The first kappa shape index (κ1) is 7.78. The maximum absolute atomic E-state index is 3.41. The lowest BCUT2D eigenvalue weighted by Crippen LogP contribution is -2.07. The Morgan fingerprint density at radius 2 is 2.25 bits per heavy atom. The molecule has 3 heteroatoms. The van der Waals surface area contributed by atoms with E-state index in [0.717, 1.165) is 7.31 Å². The predicted octanol–water partition coefficient (Wildman–Crippen LogP) is 0.487. The van der Waals surface area contributed by atoms with E-state index in [9.17, 15) is 0 Å². The van der Waals surface area contributed by atoms with Gasteiger partial charge in [0.1, 0.15) is 0 Å². The minimum absolute atomic E-state index is 1.02. The highest BCUT2D eigenvalue weighted by atomic mass is 14.8. The quantitative estimate of drug-likeness (QED) is 0.615. The number of aryl methyl sites for hydroxylation is 1. The fourth-order valence-electron chi connectivity index (χ4n) is 1.98. The molecule has 60 valence electrons. The Labute approximate surface area is 75.2 Å². The van der Waals surface area contributed by atoms with Crippen molar-refractivity contribution in [1.29, 1.82) is 0 Å². The summed E-state index contributed by atoms with van der Waals surface area (Å²) in [7, 11) is 3.17. The molecule has 0 atom stereocenters. The lowest BCUT2D eigenvalue weighted by atomic mass is 9.67. The molecule has 0 saturated carbocycles. The summed E-state index contributed by atoms with van der Waals surface area (Å²) in [5.41, 5.74) is 4.46. The Balaban J connectivity index is 2.36. The van der Waals surface area contributed by atoms with E-state index < -0.39 is 0 Å². The van der Waals surface area contributed by atoms with Crippen molar-refractivity contribution in [3.8, 4) is 0 Å². The molecule has 0 unspecified atom stereocenters. The highest BCUT2D eigenvalue weighted by molar-refractivity contribution is 6.91. The third kappa shape index (κ3) is 1.24. The number of nitrogens with one attached hydrogen (secondary N) is 1. The van der Waals surface area contributed by atoms with Crippen LogP contribution in [0.25, 0.3) is 0 Å². The molecule has 1 aliphatic carbocycles. The first-order valence-corrected chi connectivity index (χ1v) is 4.76. The molecule has 0 bridgehead atoms. The van der Waals surface area contributed by atoms with Crippen LogP contribution in [0.5, 0.6) is 0 Å². The van der Waals surface area contributed by atoms with E-state index in [1.165, 1.54) is 24.9 Å². The summed E-state index contributed by atoms with van der Waals surface area (Å²) >= 11 is 0. The lowest BCUT2D eigenvalue weighted by Gasteiger charge is -2.08. The predicted molar refractivity (Wildman–Crippen MR) is 57.8 cm³/mol. The SMILES string of the molecule is BBNc1cccc2c1CCC2. The molecular weight excluding hydrogens is 144 g/mol. The lowest BCUT2D eigenvalue weighted by molar-refractivity contribution is 0.912. The Kier molecular flexibility index (Phi) is 2.11. The largest absolute Gasteiger partial charge is 0.438 e. The van der Waals surface area contributed by atoms with E-state index in [-0.39, 0.29) is 0 Å². The highest BCUT2D eigenvalue weighted by Crippen LogP contribution is 2.28. The van der Waals surface area contributed by atoms with E-state index in [1.807, 2.05) is 0 Å². The van der Waals surface area contributed by atoms with Crippen molar-refractivity contribution >= 4 is 20.7 Å². The topological polar surface area (TPSA) is 12.0 Å². The third-order valence-corrected chi connectivity index (χ3v) is 2.51. The molecule has 1 aromatic carbocycles. The van der Waals surface area contributed by atoms with Crippen molar-refractivity contribution in [2.45, 2.75) is 19.3 Å². The highest BCUT2D eigenvalue weighted by Gasteiger charge is 2.12. The normalized spacial score (nSPS) is 14.0. The van der Waals surface area contributed by atoms with Crippen LogP contribution in [0.4, 0.5) is 5.69 Å². The van der Waals surface area contributed by atoms with Crippen LogP contribution < -0.4 is 5.23 Å². The maximum atomic E-state index is 3.41. The fourth-order valence-corrected chi connectivity index (χ4v) is 1.98. The Morgan fingerprint density at radius 3 is 3.08 bits per heavy atom. The monoisotopic (exact) mass is 157 g/mol. The Morgan fingerprint density at radius 1 is 1.33 bits per heavy atom. The van der Waals surface area contributed by atoms with Gasteiger partial charge in [0, 0.05) is 5.69 Å². The van der Waals surface area contributed by atoms with Crippen LogP contribution in [0.15, 0.2) is 18.2 Å². The molecular formula is C9H13B2N. The summed E-state index contributed by atoms with van der Waals surface area (Å²) in [5, 5.41) is 3.41. The fraction of sp³-hybridized carbons (Fsp3) is 0.333. The average molecular weight is 157 g/mol. The average Bonchev–Trinajstić information content (AvgIpc) is 2.53. The smallest absolute Gasteiger partial charge is 0.188 e. The van der Waals surface area contributed by atoms with Crippen molar-refractivity contribution < 1.29 is 0 Å². The molecule has 0 amide bonds. The number of hydrogen-bond donors (Lipinski definition) is 1. The number of hydrogen-bond acceptors (Lipinski definition) is 1. The molecule has 1 aliphatic rings. The van der Waals surface area contributed by atoms with Gasteiger partial charge >= 0.3 is 0 Å². The maximum Gasteiger partial charge on any atom is 0.188 e. The van der Waals surface area contributed by atoms with Crippen molar-refractivity contribution in [1.82, 2.24) is 0 Å². The second kappa shape index (κ2) is 3.26. The van der Waals surface area contributed by atoms with Gasteiger partial charge in [-0.2, -0.15) is 0 Å². The second-order valence-corrected chi connectivity index (χ2v) is 3.33. The minimum atomic E-state index is 1.02. The van der Waals surface area contributed by atoms with Crippen LogP contribution in [0.1, 0.15) is 17.5 Å². The molecule has 0 spiro atoms. The molecule has 2 rings (SSSR count). The van der Waals surface area contributed by atoms with Gasteiger partial charge in [0.05, 0.1) is 7.74 Å². The molecule has 0 heterocycles. The zero-order valence-electron chi connectivity index (χ0n) is 7.56. The first-order valence-electron chi connectivity index (χ1n) is 4.76. The standard InChI is InChI=1S/C9H13B2N/c10-11-12-9-6-2-4-7-3-1-5-8(7)9/h2,4,6,11-12H,1,3,5,10H2. The number of fused-ring (bicyclic) bond motifs is 1. The van der Waals surface area contributed by atoms with Crippen LogP contribution in [0.3, 0.4) is 0 Å². The van der Waals surface area contributed by atoms with Crippen LogP contribution in [-0.2, 0) is 12.8 Å². The van der Waals surface area contributed by atoms with Gasteiger partial charge in [-0.1, -0.05) is 12.1 Å². The van der Waals surface area contributed by atoms with Gasteiger partial charge in [0.25, 0.3) is 0 Å². The van der Waals surface area contributed by atoms with Crippen LogP contribution in [-0.4, -0.2) is 15.0 Å². The molecule has 12 heavy (non-hydrogen) atoms. The molecule has 1 aromatic rings. The molecule has 1 N–H and O–H groups in total. The summed E-state index contributed by atoms with van der Waals surface area (Å²) in [6, 6.07) is 6.60. The van der Waals surface area contributed by atoms with Crippen molar-refractivity contribution in [3.05, 3.63) is 29.3 Å². The summed E-state index contributed by atoms with van der Waals surface area (Å²) in [4.78, 5) is 0. The minimum Gasteiger partial charge on any atom is -0.438 e. The van der Waals surface area contributed by atoms with Crippen LogP contribution >= 0.6 is 0 Å².